The molecule has 1 atom stereocenters. The lowest BCUT2D eigenvalue weighted by Crippen LogP contribution is -2.48. The molecule has 4 rings (SSSR count). The van der Waals surface area contributed by atoms with Crippen LogP contribution in [0.25, 0.3) is 10.2 Å². The fourth-order valence-electron chi connectivity index (χ4n) is 3.13. The molecule has 0 bridgehead atoms. The molecule has 1 unspecified atom stereocenters. The van der Waals surface area contributed by atoms with Crippen molar-refractivity contribution in [2.24, 2.45) is 0 Å². The monoisotopic (exact) mass is 389 g/mol. The molecule has 1 aromatic carbocycles. The number of nitrogens with one attached hydrogen (secondary N) is 1. The molecule has 1 aliphatic heterocycles. The van der Waals surface area contributed by atoms with Crippen LogP contribution in [0.5, 0.6) is 0 Å². The molecular formula is C17H19N5O2S2. The summed E-state index contributed by atoms with van der Waals surface area (Å²) >= 11 is 1.44. The molecule has 2 aromatic heterocycles. The Morgan fingerprint density at radius 3 is 2.92 bits per heavy atom. The number of nitrogens with zero attached hydrogens (tertiary/aromatic N) is 4. The molecule has 136 valence electrons. The van der Waals surface area contributed by atoms with E-state index < -0.39 is 10.0 Å². The predicted molar refractivity (Wildman–Crippen MR) is 102 cm³/mol. The number of aryl methyl sites for hydroxylation is 1. The van der Waals surface area contributed by atoms with Gasteiger partial charge in [0.2, 0.25) is 10.0 Å². The molecule has 3 heterocycles. The molecule has 0 radical (unpaired) electrons. The van der Waals surface area contributed by atoms with Crippen molar-refractivity contribution in [2.45, 2.75) is 30.7 Å². The van der Waals surface area contributed by atoms with Gasteiger partial charge in [0.1, 0.15) is 0 Å². The summed E-state index contributed by atoms with van der Waals surface area (Å²) < 4.78 is 29.3. The van der Waals surface area contributed by atoms with Crippen LogP contribution in [0.4, 0.5) is 5.82 Å². The lowest BCUT2D eigenvalue weighted by atomic mass is 10.1. The molecule has 26 heavy (non-hydrogen) atoms. The van der Waals surface area contributed by atoms with Crippen LogP contribution < -0.4 is 9.62 Å². The number of hydrogen-bond acceptors (Lipinski definition) is 7. The summed E-state index contributed by atoms with van der Waals surface area (Å²) in [5, 5.41) is 8.30. The highest BCUT2D eigenvalue weighted by atomic mass is 32.2. The molecule has 1 saturated heterocycles. The van der Waals surface area contributed by atoms with Gasteiger partial charge in [-0.3, -0.25) is 0 Å². The van der Waals surface area contributed by atoms with E-state index in [1.807, 2.05) is 19.1 Å². The zero-order valence-corrected chi connectivity index (χ0v) is 15.9. The second-order valence-corrected chi connectivity index (χ2v) is 9.02. The van der Waals surface area contributed by atoms with Crippen LogP contribution in [-0.2, 0) is 10.0 Å². The molecular weight excluding hydrogens is 370 g/mol. The SMILES string of the molecule is Cc1ccc(N2CCCC(NS(=O)(=O)c3ccc4ncsc4c3)C2)nn1. The van der Waals surface area contributed by atoms with Crippen molar-refractivity contribution in [2.75, 3.05) is 18.0 Å². The summed E-state index contributed by atoms with van der Waals surface area (Å²) in [7, 11) is -3.58. The first-order chi connectivity index (χ1) is 12.5. The average molecular weight is 390 g/mol. The number of thiazole rings is 1. The lowest BCUT2D eigenvalue weighted by molar-refractivity contribution is 0.463. The highest BCUT2D eigenvalue weighted by Gasteiger charge is 2.26. The van der Waals surface area contributed by atoms with E-state index in [4.69, 9.17) is 0 Å². The molecule has 3 aromatic rings. The van der Waals surface area contributed by atoms with E-state index in [1.165, 1.54) is 11.3 Å². The van der Waals surface area contributed by atoms with E-state index in [2.05, 4.69) is 24.8 Å². The normalized spacial score (nSPS) is 18.3. The van der Waals surface area contributed by atoms with Crippen LogP contribution >= 0.6 is 11.3 Å². The van der Waals surface area contributed by atoms with Crippen molar-refractivity contribution >= 4 is 37.4 Å². The van der Waals surface area contributed by atoms with Crippen LogP contribution in [0.2, 0.25) is 0 Å². The van der Waals surface area contributed by atoms with Gasteiger partial charge in [-0.15, -0.1) is 16.4 Å². The predicted octanol–water partition coefficient (Wildman–Crippen LogP) is 2.34. The maximum atomic E-state index is 12.8. The van der Waals surface area contributed by atoms with Crippen molar-refractivity contribution < 1.29 is 8.42 Å². The smallest absolute Gasteiger partial charge is 0.240 e. The number of piperidine rings is 1. The van der Waals surface area contributed by atoms with Crippen molar-refractivity contribution in [3.05, 3.63) is 41.5 Å². The van der Waals surface area contributed by atoms with Gasteiger partial charge in [0, 0.05) is 19.1 Å². The summed E-state index contributed by atoms with van der Waals surface area (Å²) in [4.78, 5) is 6.55. The number of benzene rings is 1. The lowest BCUT2D eigenvalue weighted by Gasteiger charge is -2.33. The van der Waals surface area contributed by atoms with Gasteiger partial charge in [-0.25, -0.2) is 18.1 Å². The highest BCUT2D eigenvalue weighted by Crippen LogP contribution is 2.23. The van der Waals surface area contributed by atoms with E-state index in [0.29, 0.717) is 6.54 Å². The zero-order valence-electron chi connectivity index (χ0n) is 14.3. The van der Waals surface area contributed by atoms with Gasteiger partial charge >= 0.3 is 0 Å². The average Bonchev–Trinajstić information content (AvgIpc) is 3.10. The summed E-state index contributed by atoms with van der Waals surface area (Å²) in [6.07, 6.45) is 1.70. The van der Waals surface area contributed by atoms with E-state index >= 15 is 0 Å². The van der Waals surface area contributed by atoms with Gasteiger partial charge < -0.3 is 4.90 Å². The second-order valence-electron chi connectivity index (χ2n) is 6.42. The Morgan fingerprint density at radius 1 is 1.23 bits per heavy atom. The van der Waals surface area contributed by atoms with Gasteiger partial charge in [0.15, 0.2) is 5.82 Å². The summed E-state index contributed by atoms with van der Waals surface area (Å²) in [5.41, 5.74) is 3.40. The Bertz CT molecular complexity index is 1020. The van der Waals surface area contributed by atoms with Gasteiger partial charge in [0.05, 0.1) is 26.3 Å². The summed E-state index contributed by atoms with van der Waals surface area (Å²) in [5.74, 6) is 0.783. The number of fused-ring (bicyclic) bond motifs is 1. The fraction of sp³-hybridized carbons (Fsp3) is 0.353. The van der Waals surface area contributed by atoms with Crippen LogP contribution in [0.15, 0.2) is 40.7 Å². The Balaban J connectivity index is 1.50. The minimum Gasteiger partial charge on any atom is -0.354 e. The quantitative estimate of drug-likeness (QED) is 0.737. The van der Waals surface area contributed by atoms with E-state index in [9.17, 15) is 8.42 Å². The zero-order chi connectivity index (χ0) is 18.1. The number of rotatable bonds is 4. The van der Waals surface area contributed by atoms with Crippen molar-refractivity contribution in [3.63, 3.8) is 0 Å². The number of hydrogen-bond donors (Lipinski definition) is 1. The van der Waals surface area contributed by atoms with Crippen LogP contribution in [0.3, 0.4) is 0 Å². The molecule has 0 spiro atoms. The van der Waals surface area contributed by atoms with Crippen molar-refractivity contribution in [3.8, 4) is 0 Å². The molecule has 0 aliphatic carbocycles. The minimum absolute atomic E-state index is 0.158. The third-order valence-electron chi connectivity index (χ3n) is 4.46. The molecule has 0 saturated carbocycles. The minimum atomic E-state index is -3.58. The maximum Gasteiger partial charge on any atom is 0.240 e. The Morgan fingerprint density at radius 2 is 2.12 bits per heavy atom. The molecule has 1 N–H and O–H groups in total. The number of anilines is 1. The van der Waals surface area contributed by atoms with Gasteiger partial charge in [-0.1, -0.05) is 0 Å². The fourth-order valence-corrected chi connectivity index (χ4v) is 5.21. The number of aromatic nitrogens is 3. The van der Waals surface area contributed by atoms with Crippen LogP contribution in [-0.4, -0.2) is 42.7 Å². The van der Waals surface area contributed by atoms with Gasteiger partial charge in [-0.05, 0) is 50.1 Å². The molecule has 1 fully saturated rings. The first kappa shape index (κ1) is 17.3. The van der Waals surface area contributed by atoms with Crippen LogP contribution in [0.1, 0.15) is 18.5 Å². The van der Waals surface area contributed by atoms with E-state index in [-0.39, 0.29) is 10.9 Å². The van der Waals surface area contributed by atoms with E-state index in [1.54, 1.807) is 23.7 Å². The molecule has 0 amide bonds. The standard InChI is InChI=1S/C17H19N5O2S2/c1-12-4-7-17(20-19-12)22-8-2-3-13(10-22)21-26(23,24)14-5-6-15-16(9-14)25-11-18-15/h4-7,9,11,13,21H,2-3,8,10H2,1H3. The highest BCUT2D eigenvalue weighted by molar-refractivity contribution is 7.89. The van der Waals surface area contributed by atoms with Crippen LogP contribution in [0, 0.1) is 6.92 Å². The topological polar surface area (TPSA) is 88.1 Å². The largest absolute Gasteiger partial charge is 0.354 e. The first-order valence-electron chi connectivity index (χ1n) is 8.42. The van der Waals surface area contributed by atoms with Gasteiger partial charge in [0.25, 0.3) is 0 Å². The Labute approximate surface area is 156 Å². The third-order valence-corrected chi connectivity index (χ3v) is 6.77. The maximum absolute atomic E-state index is 12.8. The summed E-state index contributed by atoms with van der Waals surface area (Å²) in [6.45, 7) is 3.33. The Kier molecular flexibility index (Phi) is 4.60. The first-order valence-corrected chi connectivity index (χ1v) is 10.8. The van der Waals surface area contributed by atoms with Crippen molar-refractivity contribution in [1.29, 1.82) is 0 Å². The molecule has 9 heteroatoms. The molecule has 7 nitrogen and oxygen atoms in total. The number of sulfonamides is 1. The van der Waals surface area contributed by atoms with Gasteiger partial charge in [-0.2, -0.15) is 5.10 Å². The summed E-state index contributed by atoms with van der Waals surface area (Å²) in [6, 6.07) is 8.72. The second kappa shape index (κ2) is 6.90. The van der Waals surface area contributed by atoms with E-state index in [0.717, 1.165) is 41.1 Å². The van der Waals surface area contributed by atoms with Crippen molar-refractivity contribution in [1.82, 2.24) is 19.9 Å². The Hall–Kier alpha value is -2.10. The third kappa shape index (κ3) is 3.55. The molecule has 1 aliphatic rings.